The van der Waals surface area contributed by atoms with Crippen LogP contribution < -0.4 is 5.32 Å². The van der Waals surface area contributed by atoms with Crippen molar-refractivity contribution in [3.8, 4) is 0 Å². The summed E-state index contributed by atoms with van der Waals surface area (Å²) in [6, 6.07) is 3.93. The van der Waals surface area contributed by atoms with Crippen LogP contribution in [0.4, 0.5) is 5.13 Å². The normalized spacial score (nSPS) is 14.2. The number of carbonyl (C=O) groups is 1. The van der Waals surface area contributed by atoms with Crippen LogP contribution in [0.25, 0.3) is 0 Å². The number of pyridine rings is 1. The Balaban J connectivity index is 1.42. The smallest absolute Gasteiger partial charge is 0.236 e. The molecule has 0 aliphatic heterocycles. The number of nitrogens with one attached hydrogen (secondary N) is 1. The number of thiazole rings is 1. The highest BCUT2D eigenvalue weighted by atomic mass is 32.2. The maximum atomic E-state index is 11.8. The molecule has 0 unspecified atom stereocenters. The molecule has 1 aliphatic rings. The fourth-order valence-electron chi connectivity index (χ4n) is 1.81. The minimum absolute atomic E-state index is 0.0146. The molecule has 1 N–H and O–H groups in total. The average Bonchev–Trinajstić information content (AvgIpc) is 3.21. The molecule has 1 saturated carbocycles. The second-order valence-corrected chi connectivity index (χ2v) is 6.59. The monoisotopic (exact) mass is 305 g/mol. The summed E-state index contributed by atoms with van der Waals surface area (Å²) in [5.74, 6) is 1.92. The van der Waals surface area contributed by atoms with Gasteiger partial charge in [-0.2, -0.15) is 0 Å². The summed E-state index contributed by atoms with van der Waals surface area (Å²) in [5, 5.41) is 5.64. The summed E-state index contributed by atoms with van der Waals surface area (Å²) in [4.78, 5) is 20.2. The highest BCUT2D eigenvalue weighted by Gasteiger charge is 2.26. The molecule has 0 radical (unpaired) electrons. The lowest BCUT2D eigenvalue weighted by Crippen LogP contribution is -2.14. The molecule has 0 spiro atoms. The van der Waals surface area contributed by atoms with Crippen molar-refractivity contribution >= 4 is 34.1 Å². The molecule has 2 aromatic rings. The van der Waals surface area contributed by atoms with E-state index in [0.717, 1.165) is 16.6 Å². The molecule has 1 amide bonds. The zero-order valence-corrected chi connectivity index (χ0v) is 12.5. The van der Waals surface area contributed by atoms with Gasteiger partial charge >= 0.3 is 0 Å². The molecule has 3 rings (SSSR count). The molecule has 4 nitrogen and oxygen atoms in total. The van der Waals surface area contributed by atoms with Gasteiger partial charge < -0.3 is 5.32 Å². The molecule has 1 fully saturated rings. The third-order valence-corrected chi connectivity index (χ3v) is 4.79. The van der Waals surface area contributed by atoms with Crippen LogP contribution in [0.3, 0.4) is 0 Å². The Morgan fingerprint density at radius 1 is 1.40 bits per heavy atom. The molecule has 6 heteroatoms. The molecule has 104 valence electrons. The Hall–Kier alpha value is -1.40. The van der Waals surface area contributed by atoms with E-state index in [1.54, 1.807) is 24.2 Å². The first-order valence-electron chi connectivity index (χ1n) is 6.53. The van der Waals surface area contributed by atoms with Gasteiger partial charge in [0.05, 0.1) is 11.4 Å². The summed E-state index contributed by atoms with van der Waals surface area (Å²) in [5.41, 5.74) is 2.32. The van der Waals surface area contributed by atoms with E-state index >= 15 is 0 Å². The highest BCUT2D eigenvalue weighted by molar-refractivity contribution is 7.99. The largest absolute Gasteiger partial charge is 0.301 e. The first kappa shape index (κ1) is 13.6. The zero-order valence-electron chi connectivity index (χ0n) is 10.9. The van der Waals surface area contributed by atoms with Gasteiger partial charge in [-0.3, -0.25) is 9.78 Å². The fourth-order valence-corrected chi connectivity index (χ4v) is 3.40. The van der Waals surface area contributed by atoms with E-state index in [1.165, 1.54) is 29.7 Å². The van der Waals surface area contributed by atoms with Crippen molar-refractivity contribution in [2.24, 2.45) is 0 Å². The zero-order chi connectivity index (χ0) is 13.8. The Bertz CT molecular complexity index is 581. The molecular weight excluding hydrogens is 290 g/mol. The quantitative estimate of drug-likeness (QED) is 0.890. The lowest BCUT2D eigenvalue weighted by Gasteiger charge is -2.02. The number of rotatable bonds is 6. The van der Waals surface area contributed by atoms with Gasteiger partial charge in [0.2, 0.25) is 5.91 Å². The molecule has 0 bridgehead atoms. The number of hydrogen-bond acceptors (Lipinski definition) is 5. The third-order valence-electron chi connectivity index (χ3n) is 3.02. The SMILES string of the molecule is O=C(CSCc1ccncc1)Nc1nc(C2CC2)cs1. The number of amides is 1. The van der Waals surface area contributed by atoms with Gasteiger partial charge in [0, 0.05) is 29.4 Å². The second kappa shape index (κ2) is 6.37. The van der Waals surface area contributed by atoms with E-state index in [1.807, 2.05) is 12.1 Å². The van der Waals surface area contributed by atoms with Crippen molar-refractivity contribution in [1.82, 2.24) is 9.97 Å². The van der Waals surface area contributed by atoms with Crippen molar-refractivity contribution in [2.45, 2.75) is 24.5 Å². The number of carbonyl (C=O) groups excluding carboxylic acids is 1. The maximum absolute atomic E-state index is 11.8. The molecule has 0 saturated heterocycles. The molecule has 20 heavy (non-hydrogen) atoms. The Morgan fingerprint density at radius 3 is 2.95 bits per heavy atom. The summed E-state index contributed by atoms with van der Waals surface area (Å²) in [6.45, 7) is 0. The van der Waals surface area contributed by atoms with Crippen molar-refractivity contribution in [3.63, 3.8) is 0 Å². The van der Waals surface area contributed by atoms with Crippen LogP contribution in [0, 0.1) is 0 Å². The predicted molar refractivity (Wildman–Crippen MR) is 83.1 cm³/mol. The second-order valence-electron chi connectivity index (χ2n) is 4.75. The fraction of sp³-hybridized carbons (Fsp3) is 0.357. The van der Waals surface area contributed by atoms with Crippen LogP contribution in [0.2, 0.25) is 0 Å². The molecule has 0 aromatic carbocycles. The summed E-state index contributed by atoms with van der Waals surface area (Å²) < 4.78 is 0. The van der Waals surface area contributed by atoms with E-state index in [2.05, 4.69) is 20.7 Å². The summed E-state index contributed by atoms with van der Waals surface area (Å²) >= 11 is 3.11. The Morgan fingerprint density at radius 2 is 2.20 bits per heavy atom. The minimum atomic E-state index is 0.0146. The van der Waals surface area contributed by atoms with E-state index in [-0.39, 0.29) is 5.91 Å². The van der Waals surface area contributed by atoms with Gasteiger partial charge in [-0.15, -0.1) is 23.1 Å². The summed E-state index contributed by atoms with van der Waals surface area (Å²) in [7, 11) is 0. The van der Waals surface area contributed by atoms with Gasteiger partial charge in [0.1, 0.15) is 0 Å². The van der Waals surface area contributed by atoms with E-state index in [0.29, 0.717) is 11.7 Å². The summed E-state index contributed by atoms with van der Waals surface area (Å²) in [6.07, 6.45) is 6.01. The molecule has 0 atom stereocenters. The molecular formula is C14H15N3OS2. The van der Waals surface area contributed by atoms with Crippen LogP contribution in [0.1, 0.15) is 30.0 Å². The van der Waals surface area contributed by atoms with E-state index < -0.39 is 0 Å². The van der Waals surface area contributed by atoms with Crippen LogP contribution in [0.15, 0.2) is 29.9 Å². The van der Waals surface area contributed by atoms with Gasteiger partial charge in [-0.05, 0) is 30.5 Å². The molecule has 2 aromatic heterocycles. The highest BCUT2D eigenvalue weighted by Crippen LogP contribution is 2.40. The molecule has 2 heterocycles. The number of hydrogen-bond donors (Lipinski definition) is 1. The Labute approximate surface area is 126 Å². The van der Waals surface area contributed by atoms with Crippen molar-refractivity contribution in [2.75, 3.05) is 11.1 Å². The predicted octanol–water partition coefficient (Wildman–Crippen LogP) is 3.29. The van der Waals surface area contributed by atoms with Crippen LogP contribution in [0.5, 0.6) is 0 Å². The third kappa shape index (κ3) is 3.80. The van der Waals surface area contributed by atoms with Crippen LogP contribution in [-0.4, -0.2) is 21.6 Å². The van der Waals surface area contributed by atoms with Crippen LogP contribution >= 0.6 is 23.1 Å². The number of thioether (sulfide) groups is 1. The lowest BCUT2D eigenvalue weighted by molar-refractivity contribution is -0.113. The van der Waals surface area contributed by atoms with Crippen molar-refractivity contribution < 1.29 is 4.79 Å². The first-order valence-corrected chi connectivity index (χ1v) is 8.56. The van der Waals surface area contributed by atoms with Crippen LogP contribution in [-0.2, 0) is 10.5 Å². The van der Waals surface area contributed by atoms with Gasteiger partial charge in [0.15, 0.2) is 5.13 Å². The number of anilines is 1. The lowest BCUT2D eigenvalue weighted by atomic mass is 10.3. The van der Waals surface area contributed by atoms with E-state index in [9.17, 15) is 4.79 Å². The van der Waals surface area contributed by atoms with Gasteiger partial charge in [-0.25, -0.2) is 4.98 Å². The van der Waals surface area contributed by atoms with Crippen molar-refractivity contribution in [3.05, 3.63) is 41.2 Å². The standard InChI is InChI=1S/C14H15N3OS2/c18-13(9-19-7-10-3-5-15-6-4-10)17-14-16-12(8-20-14)11-1-2-11/h3-6,8,11H,1-2,7,9H2,(H,16,17,18). The number of nitrogens with zero attached hydrogens (tertiary/aromatic N) is 2. The topological polar surface area (TPSA) is 54.9 Å². The van der Waals surface area contributed by atoms with E-state index in [4.69, 9.17) is 0 Å². The molecule has 1 aliphatic carbocycles. The number of aromatic nitrogens is 2. The minimum Gasteiger partial charge on any atom is -0.301 e. The average molecular weight is 305 g/mol. The van der Waals surface area contributed by atoms with Gasteiger partial charge in [-0.1, -0.05) is 0 Å². The Kier molecular flexibility index (Phi) is 4.32. The van der Waals surface area contributed by atoms with Gasteiger partial charge in [0.25, 0.3) is 0 Å². The maximum Gasteiger partial charge on any atom is 0.236 e. The first-order chi connectivity index (χ1) is 9.81. The van der Waals surface area contributed by atoms with Crippen molar-refractivity contribution in [1.29, 1.82) is 0 Å².